The number of nitrogens with zero attached hydrogens (tertiary/aromatic N) is 1. The quantitative estimate of drug-likeness (QED) is 0.623. The molecule has 3 rings (SSSR count). The van der Waals surface area contributed by atoms with Crippen LogP contribution in [-0.4, -0.2) is 4.98 Å². The Kier molecular flexibility index (Phi) is 4.63. The smallest absolute Gasteiger partial charge is 0.122 e. The number of halogens is 1. The van der Waals surface area contributed by atoms with Crippen molar-refractivity contribution in [1.29, 1.82) is 0 Å². The number of ether oxygens (including phenoxy) is 1. The van der Waals surface area contributed by atoms with Crippen LogP contribution in [0.5, 0.6) is 5.75 Å². The molecule has 0 radical (unpaired) electrons. The molecule has 0 aliphatic carbocycles. The molecule has 0 aliphatic heterocycles. The van der Waals surface area contributed by atoms with Crippen LogP contribution in [0.3, 0.4) is 0 Å². The largest absolute Gasteiger partial charge is 0.489 e. The topological polar surface area (TPSA) is 22.1 Å². The number of aryl methyl sites for hydroxylation is 1. The highest BCUT2D eigenvalue weighted by molar-refractivity contribution is 6.30. The molecule has 0 atom stereocenters. The van der Waals surface area contributed by atoms with Crippen molar-refractivity contribution < 1.29 is 4.74 Å². The van der Waals surface area contributed by atoms with Crippen LogP contribution in [0, 0.1) is 13.8 Å². The second-order valence-corrected chi connectivity index (χ2v) is 6.01. The lowest BCUT2D eigenvalue weighted by Gasteiger charge is -2.11. The molecule has 3 heteroatoms. The summed E-state index contributed by atoms with van der Waals surface area (Å²) in [5, 5.41) is 0.733. The minimum atomic E-state index is 0.499. The molecule has 0 amide bonds. The fraction of sp³-hybridized carbons (Fsp3) is 0.150. The van der Waals surface area contributed by atoms with Gasteiger partial charge < -0.3 is 4.74 Å². The van der Waals surface area contributed by atoms with E-state index in [0.717, 1.165) is 27.5 Å². The fourth-order valence-electron chi connectivity index (χ4n) is 2.41. The van der Waals surface area contributed by atoms with E-state index in [1.54, 1.807) is 0 Å². The summed E-state index contributed by atoms with van der Waals surface area (Å²) in [5.41, 5.74) is 5.60. The first-order valence-corrected chi connectivity index (χ1v) is 7.90. The van der Waals surface area contributed by atoms with Crippen LogP contribution in [0.2, 0.25) is 5.02 Å². The molecule has 1 heterocycles. The van der Waals surface area contributed by atoms with E-state index in [1.165, 1.54) is 11.1 Å². The highest BCUT2D eigenvalue weighted by Gasteiger charge is 2.04. The Balaban J connectivity index is 1.78. The average molecular weight is 324 g/mol. The van der Waals surface area contributed by atoms with Crippen molar-refractivity contribution in [2.24, 2.45) is 0 Å². The second-order valence-electron chi connectivity index (χ2n) is 5.58. The standard InChI is InChI=1S/C20H18ClNO/c1-14-4-3-5-20(15(14)2)23-13-16-10-18(12-22-11-16)17-6-8-19(21)9-7-17/h3-12H,13H2,1-2H3. The molecular formula is C20H18ClNO. The van der Waals surface area contributed by atoms with Gasteiger partial charge in [0, 0.05) is 28.5 Å². The van der Waals surface area contributed by atoms with E-state index >= 15 is 0 Å². The van der Waals surface area contributed by atoms with Crippen molar-refractivity contribution in [2.75, 3.05) is 0 Å². The second kappa shape index (κ2) is 6.84. The van der Waals surface area contributed by atoms with Crippen molar-refractivity contribution in [3.8, 4) is 16.9 Å². The SMILES string of the molecule is Cc1cccc(OCc2cncc(-c3ccc(Cl)cc3)c2)c1C. The summed E-state index contributed by atoms with van der Waals surface area (Å²) in [4.78, 5) is 4.32. The summed E-state index contributed by atoms with van der Waals surface area (Å²) in [7, 11) is 0. The maximum atomic E-state index is 5.95. The van der Waals surface area contributed by atoms with Gasteiger partial charge >= 0.3 is 0 Å². The summed E-state index contributed by atoms with van der Waals surface area (Å²) in [6.07, 6.45) is 3.69. The zero-order chi connectivity index (χ0) is 16.2. The van der Waals surface area contributed by atoms with Crippen molar-refractivity contribution in [2.45, 2.75) is 20.5 Å². The Morgan fingerprint density at radius 3 is 2.52 bits per heavy atom. The van der Waals surface area contributed by atoms with Gasteiger partial charge in [0.15, 0.2) is 0 Å². The summed E-state index contributed by atoms with van der Waals surface area (Å²) < 4.78 is 5.95. The first-order chi connectivity index (χ1) is 11.1. The highest BCUT2D eigenvalue weighted by Crippen LogP contribution is 2.24. The van der Waals surface area contributed by atoms with Crippen molar-refractivity contribution >= 4 is 11.6 Å². The van der Waals surface area contributed by atoms with Gasteiger partial charge in [-0.25, -0.2) is 0 Å². The van der Waals surface area contributed by atoms with E-state index in [-0.39, 0.29) is 0 Å². The number of aromatic nitrogens is 1. The minimum absolute atomic E-state index is 0.499. The molecular weight excluding hydrogens is 306 g/mol. The summed E-state index contributed by atoms with van der Waals surface area (Å²) in [5.74, 6) is 0.918. The highest BCUT2D eigenvalue weighted by atomic mass is 35.5. The molecule has 3 aromatic rings. The average Bonchev–Trinajstić information content (AvgIpc) is 2.57. The molecule has 0 saturated carbocycles. The van der Waals surface area contributed by atoms with Crippen LogP contribution in [0.25, 0.3) is 11.1 Å². The normalized spacial score (nSPS) is 10.6. The van der Waals surface area contributed by atoms with Gasteiger partial charge in [-0.05, 0) is 54.8 Å². The van der Waals surface area contributed by atoms with Gasteiger partial charge in [0.1, 0.15) is 12.4 Å². The van der Waals surface area contributed by atoms with Crippen molar-refractivity contribution in [3.05, 3.63) is 82.6 Å². The molecule has 2 aromatic carbocycles. The molecule has 0 saturated heterocycles. The van der Waals surface area contributed by atoms with Crippen LogP contribution >= 0.6 is 11.6 Å². The third-order valence-corrected chi connectivity index (χ3v) is 4.17. The van der Waals surface area contributed by atoms with Gasteiger partial charge in [-0.2, -0.15) is 0 Å². The van der Waals surface area contributed by atoms with Crippen LogP contribution < -0.4 is 4.74 Å². The molecule has 0 bridgehead atoms. The Hall–Kier alpha value is -2.32. The Morgan fingerprint density at radius 1 is 0.957 bits per heavy atom. The first-order valence-electron chi connectivity index (χ1n) is 7.52. The fourth-order valence-corrected chi connectivity index (χ4v) is 2.53. The number of hydrogen-bond donors (Lipinski definition) is 0. The van der Waals surface area contributed by atoms with Crippen molar-refractivity contribution in [1.82, 2.24) is 4.98 Å². The molecule has 0 unspecified atom stereocenters. The zero-order valence-corrected chi connectivity index (χ0v) is 14.0. The lowest BCUT2D eigenvalue weighted by Crippen LogP contribution is -1.99. The predicted octanol–water partition coefficient (Wildman–Crippen LogP) is 5.60. The minimum Gasteiger partial charge on any atom is -0.489 e. The molecule has 1 aromatic heterocycles. The summed E-state index contributed by atoms with van der Waals surface area (Å²) in [6, 6.07) is 16.0. The molecule has 0 N–H and O–H groups in total. The Bertz CT molecular complexity index is 812. The van der Waals surface area contributed by atoms with Gasteiger partial charge in [-0.3, -0.25) is 4.98 Å². The molecule has 23 heavy (non-hydrogen) atoms. The van der Waals surface area contributed by atoms with E-state index in [4.69, 9.17) is 16.3 Å². The first kappa shape index (κ1) is 15.6. The lowest BCUT2D eigenvalue weighted by molar-refractivity contribution is 0.303. The van der Waals surface area contributed by atoms with Gasteiger partial charge in [0.2, 0.25) is 0 Å². The van der Waals surface area contributed by atoms with Gasteiger partial charge in [-0.1, -0.05) is 35.9 Å². The number of rotatable bonds is 4. The maximum absolute atomic E-state index is 5.95. The van der Waals surface area contributed by atoms with Crippen LogP contribution in [0.1, 0.15) is 16.7 Å². The van der Waals surface area contributed by atoms with Crippen LogP contribution in [0.4, 0.5) is 0 Å². The zero-order valence-electron chi connectivity index (χ0n) is 13.2. The number of pyridine rings is 1. The predicted molar refractivity (Wildman–Crippen MR) is 94.9 cm³/mol. The van der Waals surface area contributed by atoms with Gasteiger partial charge in [-0.15, -0.1) is 0 Å². The number of hydrogen-bond acceptors (Lipinski definition) is 2. The molecule has 0 aliphatic rings. The summed E-state index contributed by atoms with van der Waals surface area (Å²) >= 11 is 5.94. The third kappa shape index (κ3) is 3.72. The van der Waals surface area contributed by atoms with E-state index in [0.29, 0.717) is 6.61 Å². The van der Waals surface area contributed by atoms with Crippen LogP contribution in [-0.2, 0) is 6.61 Å². The van der Waals surface area contributed by atoms with Gasteiger partial charge in [0.25, 0.3) is 0 Å². The maximum Gasteiger partial charge on any atom is 0.122 e. The Morgan fingerprint density at radius 2 is 1.74 bits per heavy atom. The van der Waals surface area contributed by atoms with Gasteiger partial charge in [0.05, 0.1) is 0 Å². The van der Waals surface area contributed by atoms with Crippen molar-refractivity contribution in [3.63, 3.8) is 0 Å². The molecule has 116 valence electrons. The molecule has 2 nitrogen and oxygen atoms in total. The molecule has 0 fully saturated rings. The monoisotopic (exact) mass is 323 g/mol. The van der Waals surface area contributed by atoms with E-state index in [1.807, 2.05) is 48.8 Å². The van der Waals surface area contributed by atoms with E-state index in [2.05, 4.69) is 31.0 Å². The Labute approximate surface area is 141 Å². The van der Waals surface area contributed by atoms with E-state index < -0.39 is 0 Å². The lowest BCUT2D eigenvalue weighted by atomic mass is 10.1. The van der Waals surface area contributed by atoms with Crippen LogP contribution in [0.15, 0.2) is 60.9 Å². The third-order valence-electron chi connectivity index (χ3n) is 3.92. The summed E-state index contributed by atoms with van der Waals surface area (Å²) in [6.45, 7) is 4.66. The molecule has 0 spiro atoms. The van der Waals surface area contributed by atoms with E-state index in [9.17, 15) is 0 Å². The number of benzene rings is 2.